The van der Waals surface area contributed by atoms with Crippen molar-refractivity contribution in [1.29, 1.82) is 0 Å². The van der Waals surface area contributed by atoms with E-state index in [1.165, 1.54) is 0 Å². The summed E-state index contributed by atoms with van der Waals surface area (Å²) < 4.78 is 7.13. The molecule has 6 nitrogen and oxygen atoms in total. The highest BCUT2D eigenvalue weighted by Gasteiger charge is 2.26. The molecular formula is C19H24N2O4. The van der Waals surface area contributed by atoms with E-state index in [-0.39, 0.29) is 11.8 Å². The zero-order valence-electron chi connectivity index (χ0n) is 15.2. The Hall–Kier alpha value is -2.76. The SMILES string of the molecule is COc1ccc(-n2c(C)cc(C(=O)N[C@H](C(=O)O)C(C)C)c2C)cc1. The van der Waals surface area contributed by atoms with Gasteiger partial charge in [0.05, 0.1) is 12.7 Å². The first-order chi connectivity index (χ1) is 11.8. The topological polar surface area (TPSA) is 80.6 Å². The number of nitrogens with one attached hydrogen (secondary N) is 1. The Labute approximate surface area is 147 Å². The van der Waals surface area contributed by atoms with Gasteiger partial charge in [-0.1, -0.05) is 13.8 Å². The van der Waals surface area contributed by atoms with Crippen LogP contribution in [0.1, 0.15) is 35.6 Å². The van der Waals surface area contributed by atoms with Crippen LogP contribution in [0.15, 0.2) is 30.3 Å². The molecule has 0 unspecified atom stereocenters. The molecule has 0 fully saturated rings. The smallest absolute Gasteiger partial charge is 0.326 e. The number of aromatic nitrogens is 1. The van der Waals surface area contributed by atoms with Crippen LogP contribution in [-0.4, -0.2) is 34.7 Å². The van der Waals surface area contributed by atoms with E-state index in [0.29, 0.717) is 5.56 Å². The molecule has 2 N–H and O–H groups in total. The molecule has 0 radical (unpaired) electrons. The molecule has 0 aliphatic carbocycles. The van der Waals surface area contributed by atoms with Crippen LogP contribution < -0.4 is 10.1 Å². The Morgan fingerprint density at radius 2 is 1.76 bits per heavy atom. The van der Waals surface area contributed by atoms with E-state index in [0.717, 1.165) is 22.8 Å². The minimum Gasteiger partial charge on any atom is -0.497 e. The molecular weight excluding hydrogens is 320 g/mol. The Morgan fingerprint density at radius 1 is 1.16 bits per heavy atom. The number of carboxylic acids is 1. The van der Waals surface area contributed by atoms with Gasteiger partial charge in [0.25, 0.3) is 5.91 Å². The third-order valence-corrected chi connectivity index (χ3v) is 4.23. The summed E-state index contributed by atoms with van der Waals surface area (Å²) in [5.41, 5.74) is 3.03. The lowest BCUT2D eigenvalue weighted by Crippen LogP contribution is -2.44. The first-order valence-electron chi connectivity index (χ1n) is 8.13. The first kappa shape index (κ1) is 18.6. The van der Waals surface area contributed by atoms with E-state index in [1.807, 2.05) is 42.7 Å². The van der Waals surface area contributed by atoms with Crippen LogP contribution in [0.4, 0.5) is 0 Å². The summed E-state index contributed by atoms with van der Waals surface area (Å²) >= 11 is 0. The highest BCUT2D eigenvalue weighted by atomic mass is 16.5. The molecule has 1 aromatic carbocycles. The fraction of sp³-hybridized carbons (Fsp3) is 0.368. The number of aryl methyl sites for hydroxylation is 1. The fourth-order valence-corrected chi connectivity index (χ4v) is 2.85. The van der Waals surface area contributed by atoms with Crippen LogP contribution in [0.2, 0.25) is 0 Å². The second-order valence-corrected chi connectivity index (χ2v) is 6.35. The molecule has 0 saturated carbocycles. The number of carbonyl (C=O) groups is 2. The van der Waals surface area contributed by atoms with Crippen LogP contribution in [0.5, 0.6) is 5.75 Å². The molecule has 0 saturated heterocycles. The number of amides is 1. The van der Waals surface area contributed by atoms with Crippen LogP contribution >= 0.6 is 0 Å². The summed E-state index contributed by atoms with van der Waals surface area (Å²) in [6.45, 7) is 7.28. The molecule has 0 spiro atoms. The van der Waals surface area contributed by atoms with Crippen molar-refractivity contribution in [3.05, 3.63) is 47.3 Å². The maximum absolute atomic E-state index is 12.6. The number of methoxy groups -OCH3 is 1. The van der Waals surface area contributed by atoms with Gasteiger partial charge in [0, 0.05) is 17.1 Å². The zero-order valence-corrected chi connectivity index (χ0v) is 15.2. The zero-order chi connectivity index (χ0) is 18.7. The Balaban J connectivity index is 2.34. The van der Waals surface area contributed by atoms with E-state index in [4.69, 9.17) is 4.74 Å². The molecule has 0 aliphatic rings. The molecule has 1 atom stereocenters. The summed E-state index contributed by atoms with van der Waals surface area (Å²) in [5.74, 6) is -0.863. The van der Waals surface area contributed by atoms with E-state index < -0.39 is 12.0 Å². The van der Waals surface area contributed by atoms with Gasteiger partial charge in [-0.15, -0.1) is 0 Å². The summed E-state index contributed by atoms with van der Waals surface area (Å²) in [7, 11) is 1.61. The number of hydrogen-bond acceptors (Lipinski definition) is 3. The van der Waals surface area contributed by atoms with E-state index >= 15 is 0 Å². The summed E-state index contributed by atoms with van der Waals surface area (Å²) in [6, 6.07) is 8.38. The maximum atomic E-state index is 12.6. The van der Waals surface area contributed by atoms with Gasteiger partial charge in [0.2, 0.25) is 0 Å². The molecule has 6 heteroatoms. The van der Waals surface area contributed by atoms with E-state index in [2.05, 4.69) is 5.32 Å². The van der Waals surface area contributed by atoms with Crippen LogP contribution in [0.3, 0.4) is 0 Å². The van der Waals surface area contributed by atoms with Crippen molar-refractivity contribution >= 4 is 11.9 Å². The molecule has 1 heterocycles. The quantitative estimate of drug-likeness (QED) is 0.844. The van der Waals surface area contributed by atoms with E-state index in [1.54, 1.807) is 27.0 Å². The van der Waals surface area contributed by atoms with Crippen molar-refractivity contribution in [2.24, 2.45) is 5.92 Å². The van der Waals surface area contributed by atoms with Crippen molar-refractivity contribution in [3.8, 4) is 11.4 Å². The average Bonchev–Trinajstić information content (AvgIpc) is 2.86. The predicted molar refractivity (Wildman–Crippen MR) is 95.5 cm³/mol. The molecule has 1 aromatic heterocycles. The highest BCUT2D eigenvalue weighted by molar-refractivity contribution is 5.98. The first-order valence-corrected chi connectivity index (χ1v) is 8.13. The number of nitrogens with zero attached hydrogens (tertiary/aromatic N) is 1. The normalized spacial score (nSPS) is 12.1. The summed E-state index contributed by atoms with van der Waals surface area (Å²) in [4.78, 5) is 23.9. The monoisotopic (exact) mass is 344 g/mol. The average molecular weight is 344 g/mol. The van der Waals surface area contributed by atoms with Crippen molar-refractivity contribution in [2.75, 3.05) is 7.11 Å². The third-order valence-electron chi connectivity index (χ3n) is 4.23. The van der Waals surface area contributed by atoms with Gasteiger partial charge in [-0.05, 0) is 50.1 Å². The molecule has 25 heavy (non-hydrogen) atoms. The van der Waals surface area contributed by atoms with Crippen molar-refractivity contribution in [2.45, 2.75) is 33.7 Å². The molecule has 1 amide bonds. The van der Waals surface area contributed by atoms with Gasteiger partial charge in [0.1, 0.15) is 11.8 Å². The maximum Gasteiger partial charge on any atom is 0.326 e. The number of rotatable bonds is 6. The second kappa shape index (κ2) is 7.42. The lowest BCUT2D eigenvalue weighted by molar-refractivity contribution is -0.140. The van der Waals surface area contributed by atoms with E-state index in [9.17, 15) is 14.7 Å². The second-order valence-electron chi connectivity index (χ2n) is 6.35. The molecule has 2 aromatic rings. The number of aliphatic carboxylic acids is 1. The van der Waals surface area contributed by atoms with Gasteiger partial charge in [-0.3, -0.25) is 4.79 Å². The van der Waals surface area contributed by atoms with Crippen molar-refractivity contribution in [3.63, 3.8) is 0 Å². The van der Waals surface area contributed by atoms with Crippen LogP contribution in [0, 0.1) is 19.8 Å². The van der Waals surface area contributed by atoms with Crippen molar-refractivity contribution in [1.82, 2.24) is 9.88 Å². The van der Waals surface area contributed by atoms with Gasteiger partial charge in [0.15, 0.2) is 0 Å². The lowest BCUT2D eigenvalue weighted by Gasteiger charge is -2.18. The largest absolute Gasteiger partial charge is 0.497 e. The van der Waals surface area contributed by atoms with Gasteiger partial charge in [-0.2, -0.15) is 0 Å². The predicted octanol–water partition coefficient (Wildman–Crippen LogP) is 2.94. The Morgan fingerprint density at radius 3 is 2.24 bits per heavy atom. The third kappa shape index (κ3) is 3.84. The molecule has 2 rings (SSSR count). The Bertz CT molecular complexity index is 775. The number of carbonyl (C=O) groups excluding carboxylic acids is 1. The number of carboxylic acid groups (broad SMARTS) is 1. The lowest BCUT2D eigenvalue weighted by atomic mass is 10.0. The number of ether oxygens (including phenoxy) is 1. The fourth-order valence-electron chi connectivity index (χ4n) is 2.85. The number of hydrogen-bond donors (Lipinski definition) is 2. The minimum absolute atomic E-state index is 0.202. The molecule has 0 aliphatic heterocycles. The minimum atomic E-state index is -1.03. The van der Waals surface area contributed by atoms with Crippen molar-refractivity contribution < 1.29 is 19.4 Å². The Kier molecular flexibility index (Phi) is 5.51. The van der Waals surface area contributed by atoms with Crippen LogP contribution in [0.25, 0.3) is 5.69 Å². The summed E-state index contributed by atoms with van der Waals surface area (Å²) in [5, 5.41) is 11.9. The molecule has 0 bridgehead atoms. The number of benzene rings is 1. The molecule has 134 valence electrons. The van der Waals surface area contributed by atoms with Gasteiger partial charge in [-0.25, -0.2) is 4.79 Å². The van der Waals surface area contributed by atoms with Crippen LogP contribution in [-0.2, 0) is 4.79 Å². The summed E-state index contributed by atoms with van der Waals surface area (Å²) in [6.07, 6.45) is 0. The van der Waals surface area contributed by atoms with Gasteiger partial charge < -0.3 is 19.7 Å². The van der Waals surface area contributed by atoms with Gasteiger partial charge >= 0.3 is 5.97 Å². The highest BCUT2D eigenvalue weighted by Crippen LogP contribution is 2.23. The standard InChI is InChI=1S/C19H24N2O4/c1-11(2)17(19(23)24)20-18(22)16-10-12(3)21(13(16)4)14-6-8-15(25-5)9-7-14/h6-11,17H,1-5H3,(H,20,22)(H,23,24)/t17-/m0/s1.